The van der Waals surface area contributed by atoms with E-state index in [-0.39, 0.29) is 23.6 Å². The van der Waals surface area contributed by atoms with Gasteiger partial charge in [-0.1, -0.05) is 23.9 Å². The van der Waals surface area contributed by atoms with Gasteiger partial charge < -0.3 is 5.32 Å². The maximum Gasteiger partial charge on any atom is 0.229 e. The number of nitrogens with zero attached hydrogens (tertiary/aromatic N) is 1. The van der Waals surface area contributed by atoms with Crippen LogP contribution >= 0.6 is 11.8 Å². The minimum atomic E-state index is -0.239. The van der Waals surface area contributed by atoms with Crippen LogP contribution in [0.2, 0.25) is 0 Å². The Bertz CT molecular complexity index is 500. The van der Waals surface area contributed by atoms with Gasteiger partial charge in [0.1, 0.15) is 5.82 Å². The highest BCUT2D eigenvalue weighted by Crippen LogP contribution is 2.47. The minimum absolute atomic E-state index is 0.0133. The Kier molecular flexibility index (Phi) is 3.07. The van der Waals surface area contributed by atoms with Crippen molar-refractivity contribution < 1.29 is 9.18 Å². The molecule has 1 heterocycles. The summed E-state index contributed by atoms with van der Waals surface area (Å²) >= 11 is 1.58. The molecule has 2 aliphatic rings. The summed E-state index contributed by atoms with van der Waals surface area (Å²) in [7, 11) is 0. The lowest BCUT2D eigenvalue weighted by Crippen LogP contribution is -2.29. The number of amidine groups is 1. The molecule has 1 saturated carbocycles. The summed E-state index contributed by atoms with van der Waals surface area (Å²) in [6.45, 7) is 0.784. The van der Waals surface area contributed by atoms with Crippen LogP contribution in [0.4, 0.5) is 4.39 Å². The zero-order valence-electron chi connectivity index (χ0n) is 9.73. The highest BCUT2D eigenvalue weighted by atomic mass is 32.2. The van der Waals surface area contributed by atoms with E-state index in [9.17, 15) is 9.18 Å². The summed E-state index contributed by atoms with van der Waals surface area (Å²) in [6.07, 6.45) is 0.843. The van der Waals surface area contributed by atoms with Crippen molar-refractivity contribution in [3.63, 3.8) is 0 Å². The van der Waals surface area contributed by atoms with Crippen LogP contribution in [-0.2, 0) is 4.79 Å². The second-order valence-electron chi connectivity index (χ2n) is 4.52. The molecule has 0 spiro atoms. The zero-order chi connectivity index (χ0) is 12.5. The van der Waals surface area contributed by atoms with Crippen LogP contribution in [0, 0.1) is 11.7 Å². The molecule has 0 unspecified atom stereocenters. The van der Waals surface area contributed by atoms with Gasteiger partial charge in [-0.15, -0.1) is 0 Å². The number of benzene rings is 1. The summed E-state index contributed by atoms with van der Waals surface area (Å²) in [5.74, 6) is 0.994. The van der Waals surface area contributed by atoms with Crippen LogP contribution in [0.25, 0.3) is 0 Å². The molecule has 3 rings (SSSR count). The summed E-state index contributed by atoms with van der Waals surface area (Å²) in [6, 6.07) is 6.41. The number of halogens is 1. The van der Waals surface area contributed by atoms with E-state index in [0.717, 1.165) is 29.4 Å². The smallest absolute Gasteiger partial charge is 0.229 e. The number of carbonyl (C=O) groups is 1. The van der Waals surface area contributed by atoms with E-state index >= 15 is 0 Å². The Hall–Kier alpha value is -1.36. The summed E-state index contributed by atoms with van der Waals surface area (Å²) in [5, 5.41) is 3.59. The van der Waals surface area contributed by atoms with Gasteiger partial charge in [0.05, 0.1) is 6.54 Å². The Morgan fingerprint density at radius 2 is 2.17 bits per heavy atom. The van der Waals surface area contributed by atoms with Gasteiger partial charge in [0.15, 0.2) is 5.17 Å². The van der Waals surface area contributed by atoms with E-state index in [1.54, 1.807) is 23.9 Å². The fraction of sp³-hybridized carbons (Fsp3) is 0.385. The van der Waals surface area contributed by atoms with Crippen molar-refractivity contribution >= 4 is 22.8 Å². The number of hydrogen-bond donors (Lipinski definition) is 1. The number of rotatable bonds is 2. The normalized spacial score (nSPS) is 25.7. The Labute approximate surface area is 109 Å². The molecule has 1 N–H and O–H groups in total. The van der Waals surface area contributed by atoms with E-state index < -0.39 is 0 Å². The lowest BCUT2D eigenvalue weighted by Gasteiger charge is -2.03. The van der Waals surface area contributed by atoms with Crippen molar-refractivity contribution in [2.45, 2.75) is 12.3 Å². The Balaban J connectivity index is 1.60. The fourth-order valence-corrected chi connectivity index (χ4v) is 2.90. The summed E-state index contributed by atoms with van der Waals surface area (Å²) < 4.78 is 12.8. The molecule has 5 heteroatoms. The molecule has 1 fully saturated rings. The molecular formula is C13H13FN2OS. The molecule has 1 aliphatic carbocycles. The molecule has 2 atom stereocenters. The van der Waals surface area contributed by atoms with Crippen LogP contribution in [-0.4, -0.2) is 23.4 Å². The Morgan fingerprint density at radius 1 is 1.39 bits per heavy atom. The predicted molar refractivity (Wildman–Crippen MR) is 70.2 cm³/mol. The monoisotopic (exact) mass is 264 g/mol. The predicted octanol–water partition coefficient (Wildman–Crippen LogP) is 2.15. The maximum atomic E-state index is 12.8. The van der Waals surface area contributed by atoms with E-state index in [4.69, 9.17) is 0 Å². The third kappa shape index (κ3) is 2.41. The minimum Gasteiger partial charge on any atom is -0.305 e. The molecule has 1 aliphatic heterocycles. The highest BCUT2D eigenvalue weighted by Gasteiger charge is 2.44. The highest BCUT2D eigenvalue weighted by molar-refractivity contribution is 8.14. The average molecular weight is 264 g/mol. The quantitative estimate of drug-likeness (QED) is 0.889. The lowest BCUT2D eigenvalue weighted by molar-refractivity contribution is -0.120. The summed E-state index contributed by atoms with van der Waals surface area (Å²) in [4.78, 5) is 16.1. The van der Waals surface area contributed by atoms with Gasteiger partial charge in [-0.05, 0) is 30.0 Å². The van der Waals surface area contributed by atoms with Crippen LogP contribution in [0.3, 0.4) is 0 Å². The molecule has 0 aromatic heterocycles. The topological polar surface area (TPSA) is 41.5 Å². The van der Waals surface area contributed by atoms with E-state index in [2.05, 4.69) is 10.3 Å². The summed E-state index contributed by atoms with van der Waals surface area (Å²) in [5.41, 5.74) is 1.04. The number of thioether (sulfide) groups is 1. The first kappa shape index (κ1) is 11.7. The van der Waals surface area contributed by atoms with Crippen LogP contribution in [0.1, 0.15) is 17.9 Å². The first-order valence-electron chi connectivity index (χ1n) is 5.97. The lowest BCUT2D eigenvalue weighted by atomic mass is 10.1. The van der Waals surface area contributed by atoms with Gasteiger partial charge in [0.2, 0.25) is 5.91 Å². The van der Waals surface area contributed by atoms with Crippen molar-refractivity contribution in [3.8, 4) is 0 Å². The third-order valence-electron chi connectivity index (χ3n) is 3.24. The molecule has 3 nitrogen and oxygen atoms in total. The largest absolute Gasteiger partial charge is 0.305 e. The molecule has 1 aromatic rings. The third-order valence-corrected chi connectivity index (χ3v) is 4.13. The number of nitrogens with one attached hydrogen (secondary N) is 1. The van der Waals surface area contributed by atoms with Crippen LogP contribution in [0.15, 0.2) is 29.3 Å². The second-order valence-corrected chi connectivity index (χ2v) is 5.61. The van der Waals surface area contributed by atoms with Gasteiger partial charge in [0.25, 0.3) is 0 Å². The van der Waals surface area contributed by atoms with Gasteiger partial charge in [-0.3, -0.25) is 9.79 Å². The van der Waals surface area contributed by atoms with E-state index in [1.165, 1.54) is 12.1 Å². The number of carbonyl (C=O) groups excluding carboxylic acids is 1. The first-order chi connectivity index (χ1) is 8.74. The molecule has 18 heavy (non-hydrogen) atoms. The Morgan fingerprint density at radius 3 is 2.83 bits per heavy atom. The van der Waals surface area contributed by atoms with E-state index in [0.29, 0.717) is 0 Å². The first-order valence-corrected chi connectivity index (χ1v) is 6.96. The molecular weight excluding hydrogens is 251 g/mol. The van der Waals surface area contributed by atoms with Crippen molar-refractivity contribution in [2.75, 3.05) is 12.3 Å². The molecule has 0 bridgehead atoms. The number of aliphatic imine (C=N–C) groups is 1. The fourth-order valence-electron chi connectivity index (χ4n) is 2.17. The SMILES string of the molecule is O=C(NC1=NCCS1)[C@@H]1C[C@H]1c1ccc(F)cc1. The van der Waals surface area contributed by atoms with Crippen LogP contribution in [0.5, 0.6) is 0 Å². The number of hydrogen-bond acceptors (Lipinski definition) is 3. The van der Waals surface area contributed by atoms with Gasteiger partial charge in [0, 0.05) is 11.7 Å². The standard InChI is InChI=1S/C13H13FN2OS/c14-9-3-1-8(2-4-9)10-7-11(10)12(17)16-13-15-5-6-18-13/h1-4,10-11H,5-7H2,(H,15,16,17)/t10-,11+/m0/s1. The van der Waals surface area contributed by atoms with Crippen molar-refractivity contribution in [1.82, 2.24) is 5.32 Å². The van der Waals surface area contributed by atoms with Gasteiger partial charge in [-0.25, -0.2) is 4.39 Å². The van der Waals surface area contributed by atoms with Crippen molar-refractivity contribution in [1.29, 1.82) is 0 Å². The maximum absolute atomic E-state index is 12.8. The number of amides is 1. The molecule has 0 radical (unpaired) electrons. The average Bonchev–Trinajstić information content (AvgIpc) is 3.01. The van der Waals surface area contributed by atoms with Crippen molar-refractivity contribution in [2.24, 2.45) is 10.9 Å². The molecule has 0 saturated heterocycles. The van der Waals surface area contributed by atoms with Crippen molar-refractivity contribution in [3.05, 3.63) is 35.6 Å². The van der Waals surface area contributed by atoms with Crippen LogP contribution < -0.4 is 5.32 Å². The molecule has 94 valence electrons. The molecule has 1 amide bonds. The zero-order valence-corrected chi connectivity index (χ0v) is 10.5. The second kappa shape index (κ2) is 4.72. The van der Waals surface area contributed by atoms with E-state index in [1.807, 2.05) is 0 Å². The van der Waals surface area contributed by atoms with Gasteiger partial charge in [-0.2, -0.15) is 0 Å². The molecule has 1 aromatic carbocycles. The van der Waals surface area contributed by atoms with Gasteiger partial charge >= 0.3 is 0 Å².